The van der Waals surface area contributed by atoms with Crippen LogP contribution in [-0.4, -0.2) is 32.7 Å². The van der Waals surface area contributed by atoms with E-state index in [2.05, 4.69) is 21.7 Å². The van der Waals surface area contributed by atoms with E-state index in [1.807, 2.05) is 6.92 Å². The second kappa shape index (κ2) is 15.4. The van der Waals surface area contributed by atoms with Crippen LogP contribution in [0.25, 0.3) is 10.9 Å². The van der Waals surface area contributed by atoms with Gasteiger partial charge in [-0.25, -0.2) is 8.60 Å². The molecular weight excluding hydrogens is 635 g/mol. The van der Waals surface area contributed by atoms with E-state index < -0.39 is 9.83 Å². The fourth-order valence-corrected chi connectivity index (χ4v) is 8.73. The summed E-state index contributed by atoms with van der Waals surface area (Å²) in [7, 11) is 0.694. The molecule has 0 radical (unpaired) electrons. The Hall–Kier alpha value is -3.85. The Balaban J connectivity index is 1.33. The molecule has 3 aromatic carbocycles. The highest BCUT2D eigenvalue weighted by molar-refractivity contribution is 8.69. The Morgan fingerprint density at radius 3 is 2.78 bits per heavy atom. The third-order valence-electron chi connectivity index (χ3n) is 7.24. The van der Waals surface area contributed by atoms with Crippen molar-refractivity contribution in [3.63, 3.8) is 0 Å². The van der Waals surface area contributed by atoms with Crippen molar-refractivity contribution in [1.29, 1.82) is 5.26 Å². The average molecular weight is 667 g/mol. The second-order valence-electron chi connectivity index (χ2n) is 10.4. The first-order valence-electron chi connectivity index (χ1n) is 14.6. The van der Waals surface area contributed by atoms with E-state index in [1.165, 1.54) is 29.1 Å². The first-order valence-corrected chi connectivity index (χ1v) is 17.7. The molecule has 2 heterocycles. The number of aromatic nitrogens is 1. The van der Waals surface area contributed by atoms with Gasteiger partial charge in [-0.1, -0.05) is 40.9 Å². The summed E-state index contributed by atoms with van der Waals surface area (Å²) in [5.41, 5.74) is 3.11. The first-order chi connectivity index (χ1) is 21.8. The Kier molecular flexibility index (Phi) is 11.2. The van der Waals surface area contributed by atoms with Gasteiger partial charge in [0.1, 0.15) is 30.0 Å². The summed E-state index contributed by atoms with van der Waals surface area (Å²) < 4.78 is 37.1. The van der Waals surface area contributed by atoms with Gasteiger partial charge in [-0.2, -0.15) is 5.26 Å². The molecule has 5 rings (SSSR count). The maximum atomic E-state index is 13.5. The molecule has 1 amide bonds. The Morgan fingerprint density at radius 2 is 2.04 bits per heavy atom. The summed E-state index contributed by atoms with van der Waals surface area (Å²) in [5.74, 6) is 1.33. The lowest BCUT2D eigenvalue weighted by Crippen LogP contribution is -2.13. The van der Waals surface area contributed by atoms with E-state index >= 15 is 0 Å². The number of fused-ring (bicyclic) bond motifs is 1. The summed E-state index contributed by atoms with van der Waals surface area (Å²) in [5, 5.41) is 17.3. The highest BCUT2D eigenvalue weighted by Crippen LogP contribution is 2.38. The van der Waals surface area contributed by atoms with E-state index in [-0.39, 0.29) is 23.6 Å². The molecule has 2 unspecified atom stereocenters. The third-order valence-corrected chi connectivity index (χ3v) is 11.2. The standard InChI is InChI=1S/C33H32ClFN4O4S2/c1-2-42-31-17-28-26(16-29(31)39-32(40)9-4-3-8-25-12-13-44-45(25)41)33(22(18-36)19-37-28)38-24-10-11-30(27(34)15-24)43-20-21-6-5-7-23(35)14-21/h5-7,10-11,14-17,19,25H,2-4,8-9,12-13,20H2,1H3,(H,37,38)(H,39,40). The maximum absolute atomic E-state index is 13.5. The number of anilines is 3. The molecule has 4 aromatic rings. The molecular formula is C33H32ClFN4O4S2. The van der Waals surface area contributed by atoms with Gasteiger partial charge in [0, 0.05) is 40.8 Å². The minimum absolute atomic E-state index is 0.148. The quantitative estimate of drug-likeness (QED) is 0.108. The number of hydrogen-bond donors (Lipinski definition) is 2. The summed E-state index contributed by atoms with van der Waals surface area (Å²) >= 11 is 6.52. The van der Waals surface area contributed by atoms with Crippen molar-refractivity contribution in [2.24, 2.45) is 0 Å². The summed E-state index contributed by atoms with van der Waals surface area (Å²) in [6.45, 7) is 2.39. The van der Waals surface area contributed by atoms with Crippen molar-refractivity contribution in [3.05, 3.63) is 82.8 Å². The molecule has 234 valence electrons. The minimum Gasteiger partial charge on any atom is -0.492 e. The van der Waals surface area contributed by atoms with Gasteiger partial charge < -0.3 is 20.1 Å². The lowest BCUT2D eigenvalue weighted by Gasteiger charge is -2.17. The number of amides is 1. The fourth-order valence-electron chi connectivity index (χ4n) is 5.00. The van der Waals surface area contributed by atoms with Crippen LogP contribution in [0, 0.1) is 17.1 Å². The van der Waals surface area contributed by atoms with Crippen LogP contribution in [0.5, 0.6) is 11.5 Å². The van der Waals surface area contributed by atoms with Crippen LogP contribution >= 0.6 is 22.4 Å². The zero-order valence-electron chi connectivity index (χ0n) is 24.6. The topological polar surface area (TPSA) is 113 Å². The highest BCUT2D eigenvalue weighted by Gasteiger charge is 2.23. The van der Waals surface area contributed by atoms with Gasteiger partial charge in [0.25, 0.3) is 0 Å². The number of carbonyl (C=O) groups excluding carboxylic acids is 1. The van der Waals surface area contributed by atoms with E-state index in [9.17, 15) is 18.7 Å². The molecule has 0 bridgehead atoms. The number of nitriles is 1. The largest absolute Gasteiger partial charge is 0.492 e. The number of ether oxygens (including phenoxy) is 2. The maximum Gasteiger partial charge on any atom is 0.224 e. The predicted molar refractivity (Wildman–Crippen MR) is 179 cm³/mol. The number of carbonyl (C=O) groups is 1. The third kappa shape index (κ3) is 8.45. The van der Waals surface area contributed by atoms with Crippen LogP contribution in [0.4, 0.5) is 21.5 Å². The van der Waals surface area contributed by atoms with Gasteiger partial charge in [-0.3, -0.25) is 9.78 Å². The number of hydrogen-bond acceptors (Lipinski definition) is 8. The normalized spacial score (nSPS) is 15.9. The minimum atomic E-state index is -0.817. The van der Waals surface area contributed by atoms with Crippen LogP contribution in [0.1, 0.15) is 50.2 Å². The van der Waals surface area contributed by atoms with Gasteiger partial charge >= 0.3 is 0 Å². The van der Waals surface area contributed by atoms with Gasteiger partial charge in [-0.05, 0) is 68.1 Å². The van der Waals surface area contributed by atoms with E-state index in [0.717, 1.165) is 25.0 Å². The Labute approximate surface area is 272 Å². The van der Waals surface area contributed by atoms with Crippen molar-refractivity contribution in [2.45, 2.75) is 50.9 Å². The lowest BCUT2D eigenvalue weighted by molar-refractivity contribution is -0.116. The van der Waals surface area contributed by atoms with Crippen molar-refractivity contribution < 1.29 is 22.9 Å². The molecule has 45 heavy (non-hydrogen) atoms. The number of rotatable bonds is 13. The van der Waals surface area contributed by atoms with E-state index in [1.54, 1.807) is 42.5 Å². The van der Waals surface area contributed by atoms with Crippen molar-refractivity contribution >= 4 is 66.1 Å². The highest BCUT2D eigenvalue weighted by atomic mass is 35.5. The molecule has 1 fully saturated rings. The van der Waals surface area contributed by atoms with Crippen LogP contribution in [0.3, 0.4) is 0 Å². The molecule has 8 nitrogen and oxygen atoms in total. The monoisotopic (exact) mass is 666 g/mol. The fraction of sp³-hybridized carbons (Fsp3) is 0.303. The molecule has 1 aliphatic rings. The molecule has 1 aromatic heterocycles. The first kappa shape index (κ1) is 32.5. The number of nitrogens with one attached hydrogen (secondary N) is 2. The van der Waals surface area contributed by atoms with Crippen molar-refractivity contribution in [3.8, 4) is 17.6 Å². The molecule has 0 saturated carbocycles. The molecule has 12 heteroatoms. The number of benzene rings is 3. The van der Waals surface area contributed by atoms with E-state index in [4.69, 9.17) is 21.1 Å². The Bertz CT molecular complexity index is 1770. The number of pyridine rings is 1. The van der Waals surface area contributed by atoms with Crippen LogP contribution in [0.15, 0.2) is 60.8 Å². The molecule has 2 N–H and O–H groups in total. The second-order valence-corrected chi connectivity index (χ2v) is 14.4. The molecule has 1 saturated heterocycles. The predicted octanol–water partition coefficient (Wildman–Crippen LogP) is 8.29. The summed E-state index contributed by atoms with van der Waals surface area (Å²) in [6, 6.07) is 17.0. The van der Waals surface area contributed by atoms with Crippen LogP contribution in [0.2, 0.25) is 5.02 Å². The zero-order chi connectivity index (χ0) is 31.8. The van der Waals surface area contributed by atoms with Crippen LogP contribution in [-0.2, 0) is 21.2 Å². The number of nitrogens with zero attached hydrogens (tertiary/aromatic N) is 2. The lowest BCUT2D eigenvalue weighted by atomic mass is 10.1. The zero-order valence-corrected chi connectivity index (χ0v) is 27.0. The molecule has 0 aliphatic carbocycles. The SMILES string of the molecule is CCOc1cc2ncc(C#N)c(Nc3ccc(OCc4cccc(F)c4)c(Cl)c3)c2cc1NC(=O)CCCCC1CCSS1=O. The number of unbranched alkanes of at least 4 members (excludes halogenated alkanes) is 1. The van der Waals surface area contributed by atoms with Gasteiger partial charge in [-0.15, -0.1) is 0 Å². The van der Waals surface area contributed by atoms with E-state index in [0.29, 0.717) is 75.1 Å². The summed E-state index contributed by atoms with van der Waals surface area (Å²) in [6.07, 6.45) is 5.15. The molecule has 0 spiro atoms. The van der Waals surface area contributed by atoms with Gasteiger partial charge in [0.2, 0.25) is 5.91 Å². The van der Waals surface area contributed by atoms with Gasteiger partial charge in [0.05, 0.1) is 43.9 Å². The van der Waals surface area contributed by atoms with Crippen molar-refractivity contribution in [1.82, 2.24) is 4.98 Å². The Morgan fingerprint density at radius 1 is 1.18 bits per heavy atom. The average Bonchev–Trinajstić information content (AvgIpc) is 3.44. The van der Waals surface area contributed by atoms with Crippen molar-refractivity contribution in [2.75, 3.05) is 23.0 Å². The smallest absolute Gasteiger partial charge is 0.224 e. The molecule has 1 aliphatic heterocycles. The number of halogens is 2. The van der Waals surface area contributed by atoms with Crippen LogP contribution < -0.4 is 20.1 Å². The summed E-state index contributed by atoms with van der Waals surface area (Å²) in [4.78, 5) is 17.4. The van der Waals surface area contributed by atoms with Gasteiger partial charge in [0.15, 0.2) is 0 Å². The molecule has 2 atom stereocenters.